The van der Waals surface area contributed by atoms with Crippen LogP contribution >= 0.6 is 0 Å². The van der Waals surface area contributed by atoms with Crippen LogP contribution < -0.4 is 5.32 Å². The number of aliphatic hydroxyl groups excluding tert-OH is 1. The van der Waals surface area contributed by atoms with Crippen LogP contribution in [-0.4, -0.2) is 37.1 Å². The van der Waals surface area contributed by atoms with Gasteiger partial charge in [-0.3, -0.25) is 4.79 Å². The van der Waals surface area contributed by atoms with Gasteiger partial charge in [-0.25, -0.2) is 0 Å². The minimum absolute atomic E-state index is 0.0232. The maximum absolute atomic E-state index is 12.5. The molecule has 1 fully saturated rings. The number of allylic oxidation sites excluding steroid dienone is 1. The molecule has 1 amide bonds. The molecular formula is C22H27NO4. The van der Waals surface area contributed by atoms with Crippen molar-refractivity contribution >= 4 is 5.91 Å². The first-order valence-corrected chi connectivity index (χ1v) is 9.65. The molecule has 5 heteroatoms. The van der Waals surface area contributed by atoms with Crippen LogP contribution in [0.3, 0.4) is 0 Å². The van der Waals surface area contributed by atoms with Gasteiger partial charge in [0.15, 0.2) is 5.76 Å². The molecule has 0 aromatic heterocycles. The van der Waals surface area contributed by atoms with Crippen LogP contribution in [-0.2, 0) is 14.3 Å². The predicted octanol–water partition coefficient (Wildman–Crippen LogP) is 2.70. The van der Waals surface area contributed by atoms with Crippen LogP contribution in [0.25, 0.3) is 0 Å². The summed E-state index contributed by atoms with van der Waals surface area (Å²) in [5.74, 6) is 3.38. The number of rotatable bonds is 9. The van der Waals surface area contributed by atoms with E-state index < -0.39 is 6.29 Å². The van der Waals surface area contributed by atoms with Gasteiger partial charge in [0.2, 0.25) is 6.29 Å². The van der Waals surface area contributed by atoms with Crippen molar-refractivity contribution in [3.05, 3.63) is 47.2 Å². The number of aliphatic hydroxyl groups is 1. The predicted molar refractivity (Wildman–Crippen MR) is 103 cm³/mol. The van der Waals surface area contributed by atoms with E-state index >= 15 is 0 Å². The Hall–Kier alpha value is -2.29. The Labute approximate surface area is 160 Å². The topological polar surface area (TPSA) is 67.8 Å². The number of benzene rings is 1. The molecule has 0 bridgehead atoms. The highest BCUT2D eigenvalue weighted by molar-refractivity contribution is 5.91. The summed E-state index contributed by atoms with van der Waals surface area (Å²) < 4.78 is 11.6. The summed E-state index contributed by atoms with van der Waals surface area (Å²) in [6, 6.07) is 7.79. The van der Waals surface area contributed by atoms with E-state index in [1.54, 1.807) is 0 Å². The number of unbranched alkanes of at least 4 members (excludes halogenated alkanes) is 1. The van der Waals surface area contributed by atoms with Gasteiger partial charge in [0, 0.05) is 31.1 Å². The highest BCUT2D eigenvalue weighted by Crippen LogP contribution is 2.32. The summed E-state index contributed by atoms with van der Waals surface area (Å²) in [5.41, 5.74) is 1.91. The lowest BCUT2D eigenvalue weighted by Gasteiger charge is -2.29. The SMILES string of the molecule is C#Cc1ccc([C@@H]2C=C(C(=O)NCC3CC3)O[C@H](OCCCCO)C2)cc1. The Morgan fingerprint density at radius 3 is 2.74 bits per heavy atom. The first-order valence-electron chi connectivity index (χ1n) is 9.65. The molecule has 0 radical (unpaired) electrons. The molecule has 3 rings (SSSR count). The van der Waals surface area contributed by atoms with Crippen molar-refractivity contribution in [2.75, 3.05) is 19.8 Å². The fourth-order valence-electron chi connectivity index (χ4n) is 3.05. The zero-order valence-electron chi connectivity index (χ0n) is 15.5. The number of amides is 1. The van der Waals surface area contributed by atoms with Crippen molar-refractivity contribution < 1.29 is 19.4 Å². The van der Waals surface area contributed by atoms with Gasteiger partial charge in [-0.2, -0.15) is 0 Å². The average molecular weight is 369 g/mol. The normalized spacial score (nSPS) is 21.7. The van der Waals surface area contributed by atoms with Gasteiger partial charge in [0.1, 0.15) is 0 Å². The minimum atomic E-state index is -0.479. The van der Waals surface area contributed by atoms with Gasteiger partial charge in [0.05, 0.1) is 6.61 Å². The number of hydrogen-bond donors (Lipinski definition) is 2. The minimum Gasteiger partial charge on any atom is -0.459 e. The molecule has 2 atom stereocenters. The van der Waals surface area contributed by atoms with Crippen molar-refractivity contribution in [2.45, 2.75) is 44.3 Å². The van der Waals surface area contributed by atoms with E-state index in [1.165, 1.54) is 12.8 Å². The Morgan fingerprint density at radius 1 is 1.30 bits per heavy atom. The van der Waals surface area contributed by atoms with Gasteiger partial charge in [0.25, 0.3) is 5.91 Å². The fraction of sp³-hybridized carbons (Fsp3) is 0.500. The maximum Gasteiger partial charge on any atom is 0.286 e. The standard InChI is InChI=1S/C22H27NO4/c1-2-16-7-9-18(10-8-16)19-13-20(22(25)23-15-17-5-6-17)27-21(14-19)26-12-4-3-11-24/h1,7-10,13,17,19,21,24H,3-6,11-12,14-15H2,(H,23,25)/t19-,21+/m1/s1. The first kappa shape index (κ1) is 19.5. The van der Waals surface area contributed by atoms with Crippen LogP contribution in [0.2, 0.25) is 0 Å². The molecule has 0 saturated heterocycles. The monoisotopic (exact) mass is 369 g/mol. The number of terminal acetylenes is 1. The quantitative estimate of drug-likeness (QED) is 0.519. The summed E-state index contributed by atoms with van der Waals surface area (Å²) in [4.78, 5) is 12.5. The third-order valence-corrected chi connectivity index (χ3v) is 4.89. The lowest BCUT2D eigenvalue weighted by atomic mass is 9.92. The van der Waals surface area contributed by atoms with Crippen molar-refractivity contribution in [1.82, 2.24) is 5.32 Å². The summed E-state index contributed by atoms with van der Waals surface area (Å²) >= 11 is 0. The van der Waals surface area contributed by atoms with E-state index in [4.69, 9.17) is 21.0 Å². The van der Waals surface area contributed by atoms with Crippen molar-refractivity contribution in [3.63, 3.8) is 0 Å². The molecule has 1 aromatic rings. The maximum atomic E-state index is 12.5. The molecule has 1 saturated carbocycles. The number of hydrogen-bond acceptors (Lipinski definition) is 4. The van der Waals surface area contributed by atoms with Gasteiger partial charge in [-0.05, 0) is 55.4 Å². The van der Waals surface area contributed by atoms with Gasteiger partial charge < -0.3 is 19.9 Å². The molecule has 2 N–H and O–H groups in total. The second-order valence-corrected chi connectivity index (χ2v) is 7.14. The number of carbonyl (C=O) groups is 1. The fourth-order valence-corrected chi connectivity index (χ4v) is 3.05. The molecule has 1 aromatic carbocycles. The summed E-state index contributed by atoms with van der Waals surface area (Å²) in [7, 11) is 0. The zero-order chi connectivity index (χ0) is 19.1. The molecule has 5 nitrogen and oxygen atoms in total. The zero-order valence-corrected chi connectivity index (χ0v) is 15.5. The number of ether oxygens (including phenoxy) is 2. The van der Waals surface area contributed by atoms with Gasteiger partial charge >= 0.3 is 0 Å². The Kier molecular flexibility index (Phi) is 6.92. The average Bonchev–Trinajstić information content (AvgIpc) is 3.54. The van der Waals surface area contributed by atoms with E-state index in [-0.39, 0.29) is 18.4 Å². The van der Waals surface area contributed by atoms with Crippen LogP contribution in [0.5, 0.6) is 0 Å². The van der Waals surface area contributed by atoms with E-state index in [0.29, 0.717) is 37.7 Å². The first-order chi connectivity index (χ1) is 13.2. The molecule has 0 unspecified atom stereocenters. The second-order valence-electron chi connectivity index (χ2n) is 7.14. The summed E-state index contributed by atoms with van der Waals surface area (Å²) in [6.45, 7) is 1.34. The Morgan fingerprint density at radius 2 is 2.07 bits per heavy atom. The van der Waals surface area contributed by atoms with Crippen molar-refractivity contribution in [3.8, 4) is 12.3 Å². The third-order valence-electron chi connectivity index (χ3n) is 4.89. The molecular weight excluding hydrogens is 342 g/mol. The summed E-state index contributed by atoms with van der Waals surface area (Å²) in [5, 5.41) is 11.9. The highest BCUT2D eigenvalue weighted by Gasteiger charge is 2.29. The van der Waals surface area contributed by atoms with Gasteiger partial charge in [-0.1, -0.05) is 18.1 Å². The van der Waals surface area contributed by atoms with E-state index in [9.17, 15) is 4.79 Å². The van der Waals surface area contributed by atoms with E-state index in [0.717, 1.165) is 17.5 Å². The Bertz CT molecular complexity index is 700. The second kappa shape index (κ2) is 9.59. The largest absolute Gasteiger partial charge is 0.459 e. The van der Waals surface area contributed by atoms with E-state index in [2.05, 4.69) is 11.2 Å². The van der Waals surface area contributed by atoms with Gasteiger partial charge in [-0.15, -0.1) is 6.42 Å². The van der Waals surface area contributed by atoms with Crippen LogP contribution in [0.4, 0.5) is 0 Å². The Balaban J connectivity index is 1.68. The van der Waals surface area contributed by atoms with Crippen LogP contribution in [0.1, 0.15) is 49.1 Å². The van der Waals surface area contributed by atoms with Crippen molar-refractivity contribution in [1.29, 1.82) is 0 Å². The molecule has 0 spiro atoms. The molecule has 2 aliphatic rings. The number of nitrogens with one attached hydrogen (secondary N) is 1. The summed E-state index contributed by atoms with van der Waals surface area (Å²) in [6.07, 6.45) is 11.3. The molecule has 1 heterocycles. The lowest BCUT2D eigenvalue weighted by Crippen LogP contribution is -2.34. The number of carbonyl (C=O) groups excluding carboxylic acids is 1. The van der Waals surface area contributed by atoms with Crippen LogP contribution in [0, 0.1) is 18.3 Å². The highest BCUT2D eigenvalue weighted by atomic mass is 16.7. The molecule has 1 aliphatic carbocycles. The molecule has 144 valence electrons. The molecule has 27 heavy (non-hydrogen) atoms. The van der Waals surface area contributed by atoms with Crippen molar-refractivity contribution in [2.24, 2.45) is 5.92 Å². The lowest BCUT2D eigenvalue weighted by molar-refractivity contribution is -0.146. The van der Waals surface area contributed by atoms with E-state index in [1.807, 2.05) is 30.3 Å². The van der Waals surface area contributed by atoms with Crippen LogP contribution in [0.15, 0.2) is 36.1 Å². The molecule has 1 aliphatic heterocycles. The smallest absolute Gasteiger partial charge is 0.286 e. The third kappa shape index (κ3) is 5.85.